The summed E-state index contributed by atoms with van der Waals surface area (Å²) in [5.74, 6) is 0.417. The van der Waals surface area contributed by atoms with Crippen LogP contribution >= 0.6 is 0 Å². The molecule has 1 unspecified atom stereocenters. The monoisotopic (exact) mass is 416 g/mol. The summed E-state index contributed by atoms with van der Waals surface area (Å²) in [6.07, 6.45) is 3.61. The lowest BCUT2D eigenvalue weighted by Gasteiger charge is -2.36. The fourth-order valence-electron chi connectivity index (χ4n) is 4.00. The number of halogens is 2. The first kappa shape index (κ1) is 20.3. The number of hydrogen-bond donors (Lipinski definition) is 1. The largest absolute Gasteiger partial charge is 0.352 e. The average molecular weight is 416 g/mol. The molecule has 2 fully saturated rings. The molecule has 0 aliphatic carbocycles. The molecule has 7 nitrogen and oxygen atoms in total. The molecule has 2 aromatic rings. The highest BCUT2D eigenvalue weighted by Gasteiger charge is 2.24. The van der Waals surface area contributed by atoms with Crippen molar-refractivity contribution in [2.24, 2.45) is 0 Å². The van der Waals surface area contributed by atoms with Crippen molar-refractivity contribution in [1.29, 1.82) is 0 Å². The van der Waals surface area contributed by atoms with E-state index in [1.54, 1.807) is 4.90 Å². The Balaban J connectivity index is 1.33. The lowest BCUT2D eigenvalue weighted by atomic mass is 10.0. The van der Waals surface area contributed by atoms with Gasteiger partial charge in [0.2, 0.25) is 0 Å². The Kier molecular flexibility index (Phi) is 5.96. The first-order valence-corrected chi connectivity index (χ1v) is 10.4. The van der Waals surface area contributed by atoms with Gasteiger partial charge < -0.3 is 20.0 Å². The number of urea groups is 1. The first-order chi connectivity index (χ1) is 14.5. The molecule has 2 saturated heterocycles. The zero-order valence-corrected chi connectivity index (χ0v) is 17.0. The van der Waals surface area contributed by atoms with Gasteiger partial charge in [-0.1, -0.05) is 0 Å². The minimum Gasteiger partial charge on any atom is -0.352 e. The molecule has 1 aromatic carbocycles. The van der Waals surface area contributed by atoms with Gasteiger partial charge in [-0.3, -0.25) is 0 Å². The molecule has 0 spiro atoms. The Morgan fingerprint density at radius 1 is 1.00 bits per heavy atom. The van der Waals surface area contributed by atoms with Gasteiger partial charge in [0.25, 0.3) is 0 Å². The zero-order valence-electron chi connectivity index (χ0n) is 17.0. The van der Waals surface area contributed by atoms with Crippen LogP contribution in [-0.2, 0) is 0 Å². The van der Waals surface area contributed by atoms with Gasteiger partial charge in [-0.25, -0.2) is 13.6 Å². The van der Waals surface area contributed by atoms with Crippen molar-refractivity contribution >= 4 is 23.4 Å². The van der Waals surface area contributed by atoms with E-state index in [4.69, 9.17) is 0 Å². The van der Waals surface area contributed by atoms with Crippen LogP contribution in [0.1, 0.15) is 26.2 Å². The maximum Gasteiger partial charge on any atom is 0.322 e. The summed E-state index contributed by atoms with van der Waals surface area (Å²) in [7, 11) is 0. The van der Waals surface area contributed by atoms with E-state index in [0.29, 0.717) is 32.2 Å². The van der Waals surface area contributed by atoms with Crippen LogP contribution in [0.4, 0.5) is 30.9 Å². The Hall–Kier alpha value is -2.97. The van der Waals surface area contributed by atoms with Crippen LogP contribution < -0.4 is 15.1 Å². The minimum absolute atomic E-state index is 0.157. The van der Waals surface area contributed by atoms with Crippen molar-refractivity contribution in [2.75, 3.05) is 47.8 Å². The van der Waals surface area contributed by atoms with Gasteiger partial charge in [0, 0.05) is 44.8 Å². The third-order valence-corrected chi connectivity index (χ3v) is 5.79. The summed E-state index contributed by atoms with van der Waals surface area (Å²) in [6, 6.07) is 7.00. The second-order valence-electron chi connectivity index (χ2n) is 7.82. The van der Waals surface area contributed by atoms with Crippen molar-refractivity contribution in [3.63, 3.8) is 0 Å². The van der Waals surface area contributed by atoms with Crippen molar-refractivity contribution in [3.8, 4) is 0 Å². The Bertz CT molecular complexity index is 886. The van der Waals surface area contributed by atoms with Gasteiger partial charge in [0.15, 0.2) is 11.6 Å². The number of piperazine rings is 1. The average Bonchev–Trinajstić information content (AvgIpc) is 2.77. The number of nitrogens with one attached hydrogen (secondary N) is 1. The van der Waals surface area contributed by atoms with Crippen molar-refractivity contribution in [2.45, 2.75) is 32.2 Å². The highest BCUT2D eigenvalue weighted by atomic mass is 19.1. The molecular weight excluding hydrogens is 390 g/mol. The van der Waals surface area contributed by atoms with E-state index >= 15 is 0 Å². The van der Waals surface area contributed by atoms with Crippen LogP contribution in [0.15, 0.2) is 30.3 Å². The number of carbonyl (C=O) groups excluding carboxylic acids is 1. The molecule has 2 aliphatic rings. The lowest BCUT2D eigenvalue weighted by molar-refractivity contribution is 0.208. The molecule has 160 valence electrons. The number of carbonyl (C=O) groups is 1. The van der Waals surface area contributed by atoms with E-state index in [-0.39, 0.29) is 5.69 Å². The number of benzene rings is 1. The number of nitrogens with zero attached hydrogens (tertiary/aromatic N) is 5. The van der Waals surface area contributed by atoms with E-state index in [1.807, 2.05) is 12.1 Å². The van der Waals surface area contributed by atoms with Gasteiger partial charge >= 0.3 is 6.03 Å². The third-order valence-electron chi connectivity index (χ3n) is 5.79. The molecule has 0 bridgehead atoms. The molecule has 4 rings (SSSR count). The lowest BCUT2D eigenvalue weighted by Crippen LogP contribution is -2.50. The Morgan fingerprint density at radius 3 is 2.43 bits per heavy atom. The highest BCUT2D eigenvalue weighted by molar-refractivity contribution is 5.89. The maximum atomic E-state index is 13.7. The summed E-state index contributed by atoms with van der Waals surface area (Å²) in [5.41, 5.74) is -0.157. The van der Waals surface area contributed by atoms with Gasteiger partial charge in [-0.2, -0.15) is 0 Å². The van der Waals surface area contributed by atoms with E-state index in [1.165, 1.54) is 19.3 Å². The van der Waals surface area contributed by atoms with Crippen molar-refractivity contribution in [3.05, 3.63) is 42.0 Å². The van der Waals surface area contributed by atoms with E-state index in [2.05, 4.69) is 32.2 Å². The number of anilines is 3. The van der Waals surface area contributed by atoms with Crippen LogP contribution in [0.3, 0.4) is 0 Å². The number of aromatic nitrogens is 2. The van der Waals surface area contributed by atoms with Gasteiger partial charge in [-0.15, -0.1) is 10.2 Å². The third kappa shape index (κ3) is 4.44. The molecule has 1 aromatic heterocycles. The molecule has 2 amide bonds. The number of amides is 2. The van der Waals surface area contributed by atoms with Crippen LogP contribution in [-0.4, -0.2) is 59.9 Å². The van der Waals surface area contributed by atoms with Crippen LogP contribution in [0, 0.1) is 11.6 Å². The molecule has 1 atom stereocenters. The second-order valence-corrected chi connectivity index (χ2v) is 7.82. The second kappa shape index (κ2) is 8.81. The molecule has 0 saturated carbocycles. The highest BCUT2D eigenvalue weighted by Crippen LogP contribution is 2.24. The van der Waals surface area contributed by atoms with E-state index < -0.39 is 17.7 Å². The van der Waals surface area contributed by atoms with Gasteiger partial charge in [-0.05, 0) is 50.5 Å². The van der Waals surface area contributed by atoms with E-state index in [0.717, 1.165) is 36.4 Å². The number of hydrogen-bond acceptors (Lipinski definition) is 5. The first-order valence-electron chi connectivity index (χ1n) is 10.4. The maximum absolute atomic E-state index is 13.7. The summed E-state index contributed by atoms with van der Waals surface area (Å²) in [5, 5.41) is 11.3. The predicted octanol–water partition coefficient (Wildman–Crippen LogP) is 3.49. The molecule has 9 heteroatoms. The molecule has 2 aliphatic heterocycles. The summed E-state index contributed by atoms with van der Waals surface area (Å²) in [6.45, 7) is 5.31. The number of piperidine rings is 1. The zero-order chi connectivity index (χ0) is 21.1. The standard InChI is InChI=1S/C21H26F2N6O/c1-15-4-2-3-9-29(15)20-8-7-19(25-26-20)27-10-12-28(13-11-27)21(30)24-18-14-16(22)5-6-17(18)23/h5-8,14-15H,2-4,9-13H2,1H3,(H,24,30). The van der Waals surface area contributed by atoms with E-state index in [9.17, 15) is 13.6 Å². The topological polar surface area (TPSA) is 64.6 Å². The smallest absolute Gasteiger partial charge is 0.322 e. The van der Waals surface area contributed by atoms with Gasteiger partial charge in [0.1, 0.15) is 11.6 Å². The fraction of sp³-hybridized carbons (Fsp3) is 0.476. The fourth-order valence-corrected chi connectivity index (χ4v) is 4.00. The van der Waals surface area contributed by atoms with Crippen molar-refractivity contribution < 1.29 is 13.6 Å². The summed E-state index contributed by atoms with van der Waals surface area (Å²) in [4.78, 5) is 18.4. The Labute approximate surface area is 174 Å². The van der Waals surface area contributed by atoms with Gasteiger partial charge in [0.05, 0.1) is 5.69 Å². The summed E-state index contributed by atoms with van der Waals surface area (Å²) >= 11 is 0. The normalized spacial score (nSPS) is 19.7. The van der Waals surface area contributed by atoms with Crippen LogP contribution in [0.2, 0.25) is 0 Å². The summed E-state index contributed by atoms with van der Waals surface area (Å²) < 4.78 is 27.0. The molecular formula is C21H26F2N6O. The SMILES string of the molecule is CC1CCCCN1c1ccc(N2CCN(C(=O)Nc3cc(F)ccc3F)CC2)nn1. The molecule has 3 heterocycles. The molecule has 30 heavy (non-hydrogen) atoms. The van der Waals surface area contributed by atoms with Crippen LogP contribution in [0.25, 0.3) is 0 Å². The van der Waals surface area contributed by atoms with Crippen LogP contribution in [0.5, 0.6) is 0 Å². The quantitative estimate of drug-likeness (QED) is 0.830. The van der Waals surface area contributed by atoms with Crippen molar-refractivity contribution in [1.82, 2.24) is 15.1 Å². The minimum atomic E-state index is -0.665. The number of rotatable bonds is 3. The molecule has 1 N–H and O–H groups in total. The predicted molar refractivity (Wildman–Crippen MR) is 112 cm³/mol. The Morgan fingerprint density at radius 2 is 1.73 bits per heavy atom. The molecule has 0 radical (unpaired) electrons.